The molecule has 1 aromatic carbocycles. The average molecular weight is 339 g/mol. The summed E-state index contributed by atoms with van der Waals surface area (Å²) in [4.78, 5) is 12.6. The second kappa shape index (κ2) is 8.13. The largest absolute Gasteiger partial charge is 0.387 e. The van der Waals surface area contributed by atoms with Crippen molar-refractivity contribution in [1.29, 1.82) is 0 Å². The van der Waals surface area contributed by atoms with Crippen LogP contribution in [0.5, 0.6) is 0 Å². The number of rotatable bonds is 7. The molecule has 1 fully saturated rings. The Labute approximate surface area is 143 Å². The van der Waals surface area contributed by atoms with E-state index in [1.807, 2.05) is 18.2 Å². The first kappa shape index (κ1) is 18.2. The molecule has 2 rings (SSSR count). The Bertz CT molecular complexity index is 528. The molecule has 0 heterocycles. The first-order valence-electron chi connectivity index (χ1n) is 8.40. The van der Waals surface area contributed by atoms with Crippen LogP contribution in [0.2, 0.25) is 5.02 Å². The topological polar surface area (TPSA) is 61.4 Å². The zero-order valence-corrected chi connectivity index (χ0v) is 14.7. The van der Waals surface area contributed by atoms with E-state index in [0.29, 0.717) is 29.6 Å². The number of carbonyl (C=O) groups excluding carboxylic acids is 1. The van der Waals surface area contributed by atoms with Crippen molar-refractivity contribution < 1.29 is 9.90 Å². The van der Waals surface area contributed by atoms with E-state index < -0.39 is 11.6 Å². The summed E-state index contributed by atoms with van der Waals surface area (Å²) in [6, 6.07) is 7.27. The quantitative estimate of drug-likeness (QED) is 0.716. The molecule has 1 aliphatic rings. The lowest BCUT2D eigenvalue weighted by atomic mass is 9.95. The fraction of sp³-hybridized carbons (Fsp3) is 0.611. The van der Waals surface area contributed by atoms with Gasteiger partial charge in [-0.15, -0.1) is 0 Å². The number of benzene rings is 1. The minimum Gasteiger partial charge on any atom is -0.387 e. The molecule has 5 heteroatoms. The van der Waals surface area contributed by atoms with Crippen molar-refractivity contribution in [2.45, 2.75) is 51.2 Å². The Morgan fingerprint density at radius 2 is 1.91 bits per heavy atom. The number of carbonyl (C=O) groups is 1. The Morgan fingerprint density at radius 3 is 2.52 bits per heavy atom. The number of hydrogen-bond donors (Lipinski definition) is 3. The molecule has 3 N–H and O–H groups in total. The van der Waals surface area contributed by atoms with Gasteiger partial charge in [0.15, 0.2) is 0 Å². The van der Waals surface area contributed by atoms with Crippen molar-refractivity contribution in [3.05, 3.63) is 34.9 Å². The van der Waals surface area contributed by atoms with E-state index in [1.54, 1.807) is 6.07 Å². The van der Waals surface area contributed by atoms with Gasteiger partial charge in [-0.2, -0.15) is 0 Å². The predicted octanol–water partition coefficient (Wildman–Crippen LogP) is 3.05. The Balaban J connectivity index is 1.99. The molecular formula is C18H27ClN2O2. The number of β-amino-alcohol motifs (C(OH)–C–C–N with tert-alkyl or cyclic N) is 1. The molecule has 0 radical (unpaired) electrons. The highest BCUT2D eigenvalue weighted by Gasteiger charge is 2.40. The van der Waals surface area contributed by atoms with Crippen molar-refractivity contribution >= 4 is 17.5 Å². The molecule has 0 aliphatic heterocycles. The van der Waals surface area contributed by atoms with Crippen LogP contribution in [0.3, 0.4) is 0 Å². The van der Waals surface area contributed by atoms with Gasteiger partial charge >= 0.3 is 0 Å². The van der Waals surface area contributed by atoms with Crippen LogP contribution in [0, 0.1) is 5.92 Å². The van der Waals surface area contributed by atoms with Gasteiger partial charge in [0.25, 0.3) is 0 Å². The van der Waals surface area contributed by atoms with Crippen LogP contribution in [-0.2, 0) is 4.79 Å². The maximum atomic E-state index is 12.6. The van der Waals surface area contributed by atoms with Gasteiger partial charge in [0.2, 0.25) is 5.91 Å². The molecule has 4 nitrogen and oxygen atoms in total. The Morgan fingerprint density at radius 1 is 1.26 bits per heavy atom. The summed E-state index contributed by atoms with van der Waals surface area (Å²) in [7, 11) is 0. The number of nitrogens with one attached hydrogen (secondary N) is 2. The molecule has 1 saturated carbocycles. The zero-order chi connectivity index (χ0) is 16.9. The summed E-state index contributed by atoms with van der Waals surface area (Å²) in [6.45, 7) is 5.15. The Hall–Kier alpha value is -1.10. The van der Waals surface area contributed by atoms with E-state index in [9.17, 15) is 9.90 Å². The highest BCUT2D eigenvalue weighted by atomic mass is 35.5. The number of amides is 1. The third-order valence-corrected chi connectivity index (χ3v) is 4.80. The zero-order valence-electron chi connectivity index (χ0n) is 13.9. The summed E-state index contributed by atoms with van der Waals surface area (Å²) in [5, 5.41) is 17.3. The first-order chi connectivity index (χ1) is 10.9. The molecule has 1 unspecified atom stereocenters. The summed E-state index contributed by atoms with van der Waals surface area (Å²) >= 11 is 6.13. The minimum atomic E-state index is -0.723. The minimum absolute atomic E-state index is 0.0510. The van der Waals surface area contributed by atoms with Crippen LogP contribution in [0.4, 0.5) is 0 Å². The van der Waals surface area contributed by atoms with Gasteiger partial charge in [0.1, 0.15) is 0 Å². The van der Waals surface area contributed by atoms with Crippen LogP contribution >= 0.6 is 11.6 Å². The molecule has 1 atom stereocenters. The lowest BCUT2D eigenvalue weighted by molar-refractivity contribution is -0.127. The van der Waals surface area contributed by atoms with Crippen LogP contribution in [0.25, 0.3) is 0 Å². The molecule has 0 spiro atoms. The van der Waals surface area contributed by atoms with Crippen molar-refractivity contribution in [2.75, 3.05) is 13.1 Å². The predicted molar refractivity (Wildman–Crippen MR) is 93.5 cm³/mol. The Kier molecular flexibility index (Phi) is 6.45. The molecule has 1 amide bonds. The van der Waals surface area contributed by atoms with Gasteiger partial charge < -0.3 is 15.7 Å². The first-order valence-corrected chi connectivity index (χ1v) is 8.78. The van der Waals surface area contributed by atoms with Gasteiger partial charge in [0, 0.05) is 23.7 Å². The molecule has 0 saturated heterocycles. The maximum Gasteiger partial charge on any atom is 0.240 e. The molecule has 128 valence electrons. The highest BCUT2D eigenvalue weighted by Crippen LogP contribution is 2.31. The third kappa shape index (κ3) is 4.69. The fourth-order valence-electron chi connectivity index (χ4n) is 3.08. The average Bonchev–Trinajstić information content (AvgIpc) is 3.01. The van der Waals surface area contributed by atoms with Gasteiger partial charge in [-0.05, 0) is 24.8 Å². The summed E-state index contributed by atoms with van der Waals surface area (Å²) in [5.74, 6) is 0.473. The van der Waals surface area contributed by atoms with Crippen LogP contribution in [0.15, 0.2) is 24.3 Å². The second-order valence-electron chi connectivity index (χ2n) is 6.81. The van der Waals surface area contributed by atoms with Crippen molar-refractivity contribution in [1.82, 2.24) is 10.6 Å². The van der Waals surface area contributed by atoms with Gasteiger partial charge in [-0.1, -0.05) is 56.5 Å². The summed E-state index contributed by atoms with van der Waals surface area (Å²) in [6.07, 6.45) is 2.96. The molecule has 1 aromatic rings. The van der Waals surface area contributed by atoms with Crippen LogP contribution < -0.4 is 10.6 Å². The molecule has 0 aromatic heterocycles. The van der Waals surface area contributed by atoms with Gasteiger partial charge in [0.05, 0.1) is 11.6 Å². The number of halogens is 1. The van der Waals surface area contributed by atoms with E-state index in [-0.39, 0.29) is 5.91 Å². The van der Waals surface area contributed by atoms with Crippen LogP contribution in [-0.4, -0.2) is 29.6 Å². The maximum absolute atomic E-state index is 12.6. The van der Waals surface area contributed by atoms with Crippen molar-refractivity contribution in [2.24, 2.45) is 5.92 Å². The number of aliphatic hydroxyl groups excluding tert-OH is 1. The SMILES string of the molecule is CC(C)CNC(=O)C1(NCC(O)c2ccccc2Cl)CCCC1. The normalized spacial score (nSPS) is 18.1. The fourth-order valence-corrected chi connectivity index (χ4v) is 3.34. The second-order valence-corrected chi connectivity index (χ2v) is 7.22. The smallest absolute Gasteiger partial charge is 0.240 e. The van der Waals surface area contributed by atoms with E-state index in [2.05, 4.69) is 24.5 Å². The third-order valence-electron chi connectivity index (χ3n) is 4.46. The van der Waals surface area contributed by atoms with Crippen LogP contribution in [0.1, 0.15) is 51.2 Å². The highest BCUT2D eigenvalue weighted by molar-refractivity contribution is 6.31. The molecule has 0 bridgehead atoms. The van der Waals surface area contributed by atoms with E-state index in [1.165, 1.54) is 0 Å². The monoisotopic (exact) mass is 338 g/mol. The van der Waals surface area contributed by atoms with E-state index in [0.717, 1.165) is 25.7 Å². The standard InChI is InChI=1S/C18H27ClN2O2/c1-13(2)11-20-17(23)18(9-5-6-10-18)21-12-16(22)14-7-3-4-8-15(14)19/h3-4,7-8,13,16,21-22H,5-6,9-12H2,1-2H3,(H,20,23). The number of hydrogen-bond acceptors (Lipinski definition) is 3. The molecule has 23 heavy (non-hydrogen) atoms. The number of aliphatic hydroxyl groups is 1. The van der Waals surface area contributed by atoms with Gasteiger partial charge in [-0.3, -0.25) is 4.79 Å². The van der Waals surface area contributed by atoms with E-state index in [4.69, 9.17) is 11.6 Å². The van der Waals surface area contributed by atoms with E-state index >= 15 is 0 Å². The lowest BCUT2D eigenvalue weighted by Gasteiger charge is -2.30. The van der Waals surface area contributed by atoms with Crippen molar-refractivity contribution in [3.8, 4) is 0 Å². The summed E-state index contributed by atoms with van der Waals surface area (Å²) < 4.78 is 0. The molecule has 1 aliphatic carbocycles. The summed E-state index contributed by atoms with van der Waals surface area (Å²) in [5.41, 5.74) is 0.134. The molecular weight excluding hydrogens is 312 g/mol. The lowest BCUT2D eigenvalue weighted by Crippen LogP contribution is -2.56. The van der Waals surface area contributed by atoms with Crippen molar-refractivity contribution in [3.63, 3.8) is 0 Å². The van der Waals surface area contributed by atoms with Gasteiger partial charge in [-0.25, -0.2) is 0 Å².